The highest BCUT2D eigenvalue weighted by Crippen LogP contribution is 2.32. The van der Waals surface area contributed by atoms with Crippen molar-refractivity contribution >= 4 is 39.6 Å². The fourth-order valence-electron chi connectivity index (χ4n) is 3.86. The van der Waals surface area contributed by atoms with Crippen LogP contribution in [0.25, 0.3) is 0 Å². The lowest BCUT2D eigenvalue weighted by Crippen LogP contribution is -2.47. The predicted molar refractivity (Wildman–Crippen MR) is 137 cm³/mol. The highest BCUT2D eigenvalue weighted by molar-refractivity contribution is 7.92. The number of hydrogen-bond acceptors (Lipinski definition) is 9. The Morgan fingerprint density at radius 1 is 1.13 bits per heavy atom. The number of carboxylic acid groups (broad SMARTS) is 1. The van der Waals surface area contributed by atoms with Crippen LogP contribution in [0.3, 0.4) is 0 Å². The van der Waals surface area contributed by atoms with Crippen molar-refractivity contribution in [1.82, 2.24) is 15.4 Å². The number of nitrogens with one attached hydrogen (secondary N) is 3. The number of ether oxygens (including phenoxy) is 1. The molecule has 0 bridgehead atoms. The molecule has 1 aliphatic heterocycles. The van der Waals surface area contributed by atoms with Crippen LogP contribution in [0.2, 0.25) is 0 Å². The van der Waals surface area contributed by atoms with Gasteiger partial charge in [-0.25, -0.2) is 13.8 Å². The van der Waals surface area contributed by atoms with Gasteiger partial charge in [0.1, 0.15) is 35.4 Å². The van der Waals surface area contributed by atoms with E-state index in [0.717, 1.165) is 4.31 Å². The maximum absolute atomic E-state index is 12.7. The first kappa shape index (κ1) is 29.0. The van der Waals surface area contributed by atoms with Crippen molar-refractivity contribution in [2.75, 3.05) is 24.0 Å². The van der Waals surface area contributed by atoms with Crippen molar-refractivity contribution in [3.63, 3.8) is 0 Å². The van der Waals surface area contributed by atoms with E-state index in [1.165, 1.54) is 43.3 Å². The molecule has 1 atom stereocenters. The molecule has 0 unspecified atom stereocenters. The molecule has 1 heterocycles. The van der Waals surface area contributed by atoms with Crippen molar-refractivity contribution in [3.8, 4) is 17.2 Å². The quantitative estimate of drug-likeness (QED) is 0.190. The van der Waals surface area contributed by atoms with E-state index in [4.69, 9.17) is 4.74 Å². The van der Waals surface area contributed by atoms with Gasteiger partial charge in [-0.1, -0.05) is 12.1 Å². The van der Waals surface area contributed by atoms with Crippen LogP contribution < -0.4 is 24.4 Å². The summed E-state index contributed by atoms with van der Waals surface area (Å²) >= 11 is 0. The zero-order valence-electron chi connectivity index (χ0n) is 20.8. The minimum absolute atomic E-state index is 0.0121. The largest absolute Gasteiger partial charge is 0.507 e. The first-order chi connectivity index (χ1) is 18.4. The van der Waals surface area contributed by atoms with Crippen molar-refractivity contribution in [3.05, 3.63) is 47.5 Å². The van der Waals surface area contributed by atoms with Crippen LogP contribution in [0.5, 0.6) is 17.2 Å². The molecule has 2 aromatic rings. The third-order valence-corrected chi connectivity index (χ3v) is 7.00. The van der Waals surface area contributed by atoms with E-state index < -0.39 is 58.0 Å². The Morgan fingerprint density at radius 3 is 2.49 bits per heavy atom. The topological polar surface area (TPSA) is 212 Å². The molecule has 6 N–H and O–H groups in total. The molecule has 39 heavy (non-hydrogen) atoms. The molecular weight excluding hydrogens is 536 g/mol. The number of anilines is 1. The molecule has 3 rings (SSSR count). The summed E-state index contributed by atoms with van der Waals surface area (Å²) in [5.74, 6) is -3.82. The fourth-order valence-corrected chi connectivity index (χ4v) is 5.02. The monoisotopic (exact) mass is 564 g/mol. The lowest BCUT2D eigenvalue weighted by atomic mass is 10.0. The summed E-state index contributed by atoms with van der Waals surface area (Å²) in [6, 6.07) is 7.15. The summed E-state index contributed by atoms with van der Waals surface area (Å²) in [6.07, 6.45) is 0.903. The average Bonchev–Trinajstić information content (AvgIpc) is 3.11. The molecule has 14 nitrogen and oxygen atoms in total. The van der Waals surface area contributed by atoms with Gasteiger partial charge in [-0.05, 0) is 42.7 Å². The number of aromatic carboxylic acids is 1. The maximum Gasteiger partial charge on any atom is 0.343 e. The first-order valence-corrected chi connectivity index (χ1v) is 13.2. The SMILES string of the molecule is CC(=O)N[C@@H](Cc1ccc(N2CC(=O)NS2(=O)=O)c(O)c1)C(=O)NCCCCOc1cccc(O)c1C(=O)O. The number of hydrogen-bond donors (Lipinski definition) is 6. The van der Waals surface area contributed by atoms with E-state index in [-0.39, 0.29) is 36.6 Å². The van der Waals surface area contributed by atoms with Gasteiger partial charge < -0.3 is 30.7 Å². The van der Waals surface area contributed by atoms with E-state index in [1.54, 1.807) is 0 Å². The second-order valence-electron chi connectivity index (χ2n) is 8.62. The second kappa shape index (κ2) is 12.3. The van der Waals surface area contributed by atoms with Gasteiger partial charge in [0.2, 0.25) is 11.8 Å². The summed E-state index contributed by atoms with van der Waals surface area (Å²) in [5.41, 5.74) is -0.0222. The molecule has 15 heteroatoms. The predicted octanol–water partition coefficient (Wildman–Crippen LogP) is -0.000400. The zero-order valence-corrected chi connectivity index (χ0v) is 21.7. The lowest BCUT2D eigenvalue weighted by Gasteiger charge is -2.20. The van der Waals surface area contributed by atoms with Crippen LogP contribution in [0.4, 0.5) is 5.69 Å². The van der Waals surface area contributed by atoms with Gasteiger partial charge in [0.05, 0.1) is 12.3 Å². The summed E-state index contributed by atoms with van der Waals surface area (Å²) in [6.45, 7) is 1.12. The molecule has 210 valence electrons. The Kier molecular flexibility index (Phi) is 9.19. The molecule has 1 aliphatic rings. The number of phenols is 2. The zero-order chi connectivity index (χ0) is 28.7. The number of unbranched alkanes of at least 4 members (excludes halogenated alkanes) is 1. The molecule has 0 radical (unpaired) electrons. The molecule has 3 amide bonds. The van der Waals surface area contributed by atoms with Gasteiger partial charge in [0.25, 0.3) is 5.91 Å². The number of rotatable bonds is 12. The van der Waals surface area contributed by atoms with Crippen LogP contribution in [-0.4, -0.2) is 73.2 Å². The highest BCUT2D eigenvalue weighted by Gasteiger charge is 2.35. The number of carbonyl (C=O) groups excluding carboxylic acids is 3. The highest BCUT2D eigenvalue weighted by atomic mass is 32.2. The second-order valence-corrected chi connectivity index (χ2v) is 10.2. The summed E-state index contributed by atoms with van der Waals surface area (Å²) in [5, 5.41) is 34.5. The van der Waals surface area contributed by atoms with Crippen LogP contribution in [0.1, 0.15) is 35.7 Å². The van der Waals surface area contributed by atoms with Gasteiger partial charge in [-0.2, -0.15) is 8.42 Å². The third-order valence-electron chi connectivity index (χ3n) is 5.61. The van der Waals surface area contributed by atoms with E-state index in [1.807, 2.05) is 4.72 Å². The van der Waals surface area contributed by atoms with Crippen molar-refractivity contribution in [2.24, 2.45) is 0 Å². The minimum Gasteiger partial charge on any atom is -0.507 e. The number of benzene rings is 2. The van der Waals surface area contributed by atoms with E-state index in [2.05, 4.69) is 10.6 Å². The Labute approximate surface area is 223 Å². The summed E-state index contributed by atoms with van der Waals surface area (Å²) in [7, 11) is -4.11. The van der Waals surface area contributed by atoms with Gasteiger partial charge in [-0.3, -0.25) is 14.4 Å². The van der Waals surface area contributed by atoms with Crippen LogP contribution >= 0.6 is 0 Å². The van der Waals surface area contributed by atoms with Gasteiger partial charge in [-0.15, -0.1) is 0 Å². The number of carbonyl (C=O) groups is 4. The Balaban J connectivity index is 1.54. The molecule has 2 aromatic carbocycles. The lowest BCUT2D eigenvalue weighted by molar-refractivity contribution is -0.128. The van der Waals surface area contributed by atoms with Crippen LogP contribution in [-0.2, 0) is 31.0 Å². The van der Waals surface area contributed by atoms with Gasteiger partial charge >= 0.3 is 16.2 Å². The van der Waals surface area contributed by atoms with Crippen LogP contribution in [0.15, 0.2) is 36.4 Å². The number of nitrogens with zero attached hydrogens (tertiary/aromatic N) is 1. The number of carboxylic acids is 1. The first-order valence-electron chi connectivity index (χ1n) is 11.8. The molecule has 0 saturated carbocycles. The summed E-state index contributed by atoms with van der Waals surface area (Å²) < 4.78 is 32.0. The summed E-state index contributed by atoms with van der Waals surface area (Å²) in [4.78, 5) is 47.1. The number of aromatic hydroxyl groups is 2. The number of amides is 3. The Bertz CT molecular complexity index is 1380. The van der Waals surface area contributed by atoms with E-state index in [0.29, 0.717) is 18.4 Å². The van der Waals surface area contributed by atoms with E-state index >= 15 is 0 Å². The smallest absolute Gasteiger partial charge is 0.343 e. The molecule has 0 spiro atoms. The van der Waals surface area contributed by atoms with E-state index in [9.17, 15) is 42.9 Å². The maximum atomic E-state index is 12.7. The van der Waals surface area contributed by atoms with Crippen molar-refractivity contribution in [2.45, 2.75) is 32.2 Å². The fraction of sp³-hybridized carbons (Fsp3) is 0.333. The molecular formula is C24H28N4O10S. The van der Waals surface area contributed by atoms with Gasteiger partial charge in [0.15, 0.2) is 0 Å². The molecule has 0 aliphatic carbocycles. The van der Waals surface area contributed by atoms with Crippen molar-refractivity contribution in [1.29, 1.82) is 0 Å². The normalized spacial score (nSPS) is 14.8. The average molecular weight is 565 g/mol. The minimum atomic E-state index is -4.11. The number of phenolic OH excluding ortho intramolecular Hbond substituents is 1. The molecule has 1 fully saturated rings. The van der Waals surface area contributed by atoms with Crippen molar-refractivity contribution < 1.29 is 47.7 Å². The third kappa shape index (κ3) is 7.50. The van der Waals surface area contributed by atoms with Gasteiger partial charge in [0, 0.05) is 19.9 Å². The standard InChI is InChI=1S/C24H28N4O10S/c1-14(29)26-16(11-15-7-8-17(19(31)12-15)28-13-21(32)27-39(28,36)37)23(33)25-9-2-3-10-38-20-6-4-5-18(30)22(20)24(34)35/h4-8,12,16,30-31H,2-3,9-11,13H2,1H3,(H,25,33)(H,26,29)(H,27,32)(H,34,35)/t16-/m0/s1. The molecule has 0 aromatic heterocycles. The Hall–Kier alpha value is -4.53. The van der Waals surface area contributed by atoms with Crippen LogP contribution in [0, 0.1) is 0 Å². The Morgan fingerprint density at radius 2 is 1.87 bits per heavy atom. The molecule has 1 saturated heterocycles.